The predicted molar refractivity (Wildman–Crippen MR) is 154 cm³/mol. The van der Waals surface area contributed by atoms with E-state index in [0.717, 1.165) is 12.8 Å². The number of nitrogens with one attached hydrogen (secondary N) is 1. The van der Waals surface area contributed by atoms with Crippen molar-refractivity contribution in [2.75, 3.05) is 0 Å². The van der Waals surface area contributed by atoms with Crippen molar-refractivity contribution >= 4 is 22.5 Å². The molecule has 200 valence electrons. The largest absolute Gasteiger partial charge is 0.342 e. The number of para-hydroxylation sites is 1. The molecule has 1 aliphatic carbocycles. The number of hydrogen-bond donors (Lipinski definition) is 1. The summed E-state index contributed by atoms with van der Waals surface area (Å²) in [6, 6.07) is 16.1. The number of amides is 1. The summed E-state index contributed by atoms with van der Waals surface area (Å²) in [7, 11) is 0. The second kappa shape index (κ2) is 10.8. The fourth-order valence-electron chi connectivity index (χ4n) is 5.49. The van der Waals surface area contributed by atoms with Crippen molar-refractivity contribution in [3.63, 3.8) is 0 Å². The van der Waals surface area contributed by atoms with Crippen LogP contribution < -0.4 is 10.9 Å². The summed E-state index contributed by atoms with van der Waals surface area (Å²) in [5.74, 6) is 7.18. The summed E-state index contributed by atoms with van der Waals surface area (Å²) in [5.41, 5.74) is 3.12. The van der Waals surface area contributed by atoms with Crippen molar-refractivity contribution in [2.45, 2.75) is 52.0 Å². The summed E-state index contributed by atoms with van der Waals surface area (Å²) in [6.45, 7) is 3.60. The highest BCUT2D eigenvalue weighted by Crippen LogP contribution is 2.24. The Morgan fingerprint density at radius 3 is 2.65 bits per heavy atom. The molecule has 5 aromatic rings. The third-order valence-electron chi connectivity index (χ3n) is 7.49. The van der Waals surface area contributed by atoms with Gasteiger partial charge in [0.05, 0.1) is 28.3 Å². The Bertz CT molecular complexity index is 1840. The summed E-state index contributed by atoms with van der Waals surface area (Å²) in [6.07, 6.45) is 9.26. The molecule has 0 bridgehead atoms. The van der Waals surface area contributed by atoms with Gasteiger partial charge >= 0.3 is 0 Å². The molecule has 1 N–H and O–H groups in total. The van der Waals surface area contributed by atoms with Gasteiger partial charge in [-0.25, -0.2) is 14.5 Å². The predicted octanol–water partition coefficient (Wildman–Crippen LogP) is 5.16. The lowest BCUT2D eigenvalue weighted by atomic mass is 9.89. The van der Waals surface area contributed by atoms with E-state index in [2.05, 4.69) is 27.2 Å². The maximum atomic E-state index is 14.2. The molecule has 8 heteroatoms. The van der Waals surface area contributed by atoms with Crippen molar-refractivity contribution in [1.29, 1.82) is 0 Å². The van der Waals surface area contributed by atoms with Crippen LogP contribution in [0.1, 0.15) is 72.5 Å². The number of aryl methyl sites for hydroxylation is 1. The van der Waals surface area contributed by atoms with E-state index in [1.807, 2.05) is 55.5 Å². The molecule has 1 aliphatic rings. The first-order chi connectivity index (χ1) is 19.5. The first kappa shape index (κ1) is 25.5. The minimum absolute atomic E-state index is 0.213. The Morgan fingerprint density at radius 1 is 1.05 bits per heavy atom. The van der Waals surface area contributed by atoms with Crippen molar-refractivity contribution in [1.82, 2.24) is 29.5 Å². The molecule has 0 unspecified atom stereocenters. The van der Waals surface area contributed by atoms with Gasteiger partial charge in [0.1, 0.15) is 11.4 Å². The Balaban J connectivity index is 1.45. The lowest BCUT2D eigenvalue weighted by Crippen LogP contribution is -2.33. The Hall–Kier alpha value is -4.77. The molecule has 2 aromatic carbocycles. The number of hydrogen-bond acceptors (Lipinski definition) is 5. The quantitative estimate of drug-likeness (QED) is 0.324. The zero-order chi connectivity index (χ0) is 27.6. The van der Waals surface area contributed by atoms with Gasteiger partial charge in [-0.1, -0.05) is 55.4 Å². The highest BCUT2D eigenvalue weighted by atomic mass is 16.2. The van der Waals surface area contributed by atoms with E-state index < -0.39 is 6.04 Å². The molecule has 0 spiro atoms. The van der Waals surface area contributed by atoms with E-state index in [9.17, 15) is 9.59 Å². The zero-order valence-electron chi connectivity index (χ0n) is 22.6. The minimum atomic E-state index is -0.597. The Labute approximate surface area is 232 Å². The summed E-state index contributed by atoms with van der Waals surface area (Å²) in [4.78, 5) is 36.9. The van der Waals surface area contributed by atoms with Gasteiger partial charge in [0.15, 0.2) is 5.65 Å². The second-order valence-corrected chi connectivity index (χ2v) is 10.3. The monoisotopic (exact) mass is 530 g/mol. The maximum absolute atomic E-state index is 14.2. The summed E-state index contributed by atoms with van der Waals surface area (Å²) < 4.78 is 3.17. The Morgan fingerprint density at radius 2 is 1.85 bits per heavy atom. The van der Waals surface area contributed by atoms with Crippen LogP contribution in [0.3, 0.4) is 0 Å². The molecule has 1 amide bonds. The van der Waals surface area contributed by atoms with Crippen LogP contribution in [0.5, 0.6) is 0 Å². The summed E-state index contributed by atoms with van der Waals surface area (Å²) in [5, 5.41) is 7.92. The van der Waals surface area contributed by atoms with Gasteiger partial charge in [-0.3, -0.25) is 14.2 Å². The van der Waals surface area contributed by atoms with Crippen molar-refractivity contribution in [2.24, 2.45) is 5.92 Å². The minimum Gasteiger partial charge on any atom is -0.342 e. The normalized spacial score (nSPS) is 14.6. The molecule has 1 atom stereocenters. The van der Waals surface area contributed by atoms with E-state index >= 15 is 0 Å². The molecule has 6 rings (SSSR count). The van der Waals surface area contributed by atoms with Crippen LogP contribution in [0.15, 0.2) is 71.8 Å². The van der Waals surface area contributed by atoms with Crippen LogP contribution in [0.25, 0.3) is 22.2 Å². The number of benzene rings is 2. The molecule has 8 nitrogen and oxygen atoms in total. The average Bonchev–Trinajstić information content (AvgIpc) is 3.32. The lowest BCUT2D eigenvalue weighted by Gasteiger charge is -2.20. The number of fused-ring (bicyclic) bond motifs is 2. The van der Waals surface area contributed by atoms with Crippen molar-refractivity contribution < 1.29 is 4.79 Å². The van der Waals surface area contributed by atoms with Crippen LogP contribution in [-0.4, -0.2) is 30.1 Å². The van der Waals surface area contributed by atoms with Crippen molar-refractivity contribution in [3.05, 3.63) is 100.0 Å². The van der Waals surface area contributed by atoms with E-state index in [0.29, 0.717) is 50.8 Å². The Kier molecular flexibility index (Phi) is 6.87. The fraction of sp³-hybridized carbons (Fsp3) is 0.281. The van der Waals surface area contributed by atoms with E-state index in [4.69, 9.17) is 4.98 Å². The van der Waals surface area contributed by atoms with Crippen LogP contribution in [-0.2, 0) is 0 Å². The highest BCUT2D eigenvalue weighted by Gasteiger charge is 2.24. The van der Waals surface area contributed by atoms with Crippen LogP contribution in [0.2, 0.25) is 0 Å². The van der Waals surface area contributed by atoms with Gasteiger partial charge in [0.2, 0.25) is 0 Å². The van der Waals surface area contributed by atoms with Gasteiger partial charge in [0, 0.05) is 23.9 Å². The van der Waals surface area contributed by atoms with E-state index in [1.54, 1.807) is 34.5 Å². The molecule has 3 aromatic heterocycles. The standard InChI is InChI=1S/C32H30N6O2/c1-21-27(30-33-19-10-20-37(30)36-21)31(39)34-22(2)29-35-26-16-9-13-24(18-17-23-11-5-3-6-12-23)28(26)32(40)38(29)25-14-7-4-8-15-25/h4,7-10,13-16,19-20,22-23H,3,5-6,11-12H2,1-2H3,(H,34,39)/t22-/m0/s1. The molecule has 40 heavy (non-hydrogen) atoms. The van der Waals surface area contributed by atoms with Crippen LogP contribution in [0, 0.1) is 24.7 Å². The number of carbonyl (C=O) groups excluding carboxylic acids is 1. The van der Waals surface area contributed by atoms with Gasteiger partial charge in [-0.05, 0) is 57.0 Å². The van der Waals surface area contributed by atoms with Gasteiger partial charge in [0.25, 0.3) is 11.5 Å². The van der Waals surface area contributed by atoms with Crippen LogP contribution in [0.4, 0.5) is 0 Å². The SMILES string of the molecule is Cc1nn2cccnc2c1C(=O)N[C@@H](C)c1nc2cccc(C#CC3CCCCC3)c2c(=O)n1-c1ccccc1. The lowest BCUT2D eigenvalue weighted by molar-refractivity contribution is 0.0938. The average molecular weight is 531 g/mol. The second-order valence-electron chi connectivity index (χ2n) is 10.3. The smallest absolute Gasteiger partial charge is 0.267 e. The fourth-order valence-corrected chi connectivity index (χ4v) is 5.49. The number of rotatable bonds is 4. The third-order valence-corrected chi connectivity index (χ3v) is 7.49. The topological polar surface area (TPSA) is 94.2 Å². The highest BCUT2D eigenvalue weighted by molar-refractivity contribution is 6.01. The van der Waals surface area contributed by atoms with Gasteiger partial charge in [-0.15, -0.1) is 0 Å². The van der Waals surface area contributed by atoms with E-state index in [1.165, 1.54) is 19.3 Å². The number of carbonyl (C=O) groups is 1. The molecule has 0 radical (unpaired) electrons. The van der Waals surface area contributed by atoms with Crippen LogP contribution >= 0.6 is 0 Å². The zero-order valence-corrected chi connectivity index (χ0v) is 22.6. The molecule has 0 saturated heterocycles. The number of nitrogens with zero attached hydrogens (tertiary/aromatic N) is 5. The number of aromatic nitrogens is 5. The molecule has 3 heterocycles. The van der Waals surface area contributed by atoms with Crippen molar-refractivity contribution in [3.8, 4) is 17.5 Å². The van der Waals surface area contributed by atoms with E-state index in [-0.39, 0.29) is 11.5 Å². The molecule has 1 fully saturated rings. The van der Waals surface area contributed by atoms with Gasteiger partial charge < -0.3 is 5.32 Å². The molecular weight excluding hydrogens is 500 g/mol. The molecule has 0 aliphatic heterocycles. The maximum Gasteiger partial charge on any atom is 0.267 e. The third kappa shape index (κ3) is 4.75. The summed E-state index contributed by atoms with van der Waals surface area (Å²) >= 11 is 0. The molecule has 1 saturated carbocycles. The molecular formula is C32H30N6O2. The first-order valence-electron chi connectivity index (χ1n) is 13.7. The van der Waals surface area contributed by atoms with Gasteiger partial charge in [-0.2, -0.15) is 5.10 Å². The first-order valence-corrected chi connectivity index (χ1v) is 13.7.